The fourth-order valence-corrected chi connectivity index (χ4v) is 6.57. The molecule has 1 N–H and O–H groups in total. The molecule has 202 valence electrons. The number of aliphatic hydroxyl groups is 1. The molecule has 1 spiro atoms. The molecule has 3 heterocycles. The topological polar surface area (TPSA) is 96.4 Å². The van der Waals surface area contributed by atoms with Crippen molar-refractivity contribution >= 4 is 17.8 Å². The number of hydrogen-bond donors (Lipinski definition) is 1. The van der Waals surface area contributed by atoms with Crippen LogP contribution < -0.4 is 0 Å². The molecule has 2 amide bonds. The molecule has 0 aliphatic carbocycles. The fourth-order valence-electron chi connectivity index (χ4n) is 6.57. The predicted octanol–water partition coefficient (Wildman–Crippen LogP) is 3.09. The van der Waals surface area contributed by atoms with Crippen molar-refractivity contribution in [2.75, 3.05) is 26.3 Å². The highest BCUT2D eigenvalue weighted by Gasteiger charge is 2.79. The second-order valence-corrected chi connectivity index (χ2v) is 10.7. The van der Waals surface area contributed by atoms with E-state index >= 15 is 0 Å². The largest absolute Gasteiger partial charge is 0.465 e. The summed E-state index contributed by atoms with van der Waals surface area (Å²) in [6.45, 7) is 16.2. The maximum atomic E-state index is 14.2. The first-order valence-electron chi connectivity index (χ1n) is 13.5. The summed E-state index contributed by atoms with van der Waals surface area (Å²) in [6, 6.07) is -1.48. The van der Waals surface area contributed by atoms with E-state index in [1.54, 1.807) is 22.0 Å². The van der Waals surface area contributed by atoms with Crippen molar-refractivity contribution in [3.05, 3.63) is 25.3 Å². The molecule has 0 radical (unpaired) electrons. The van der Waals surface area contributed by atoms with Crippen LogP contribution in [0.5, 0.6) is 0 Å². The Balaban J connectivity index is 2.11. The normalized spacial score (nSPS) is 31.4. The molecule has 3 fully saturated rings. The van der Waals surface area contributed by atoms with Crippen molar-refractivity contribution in [3.8, 4) is 0 Å². The molecule has 8 nitrogen and oxygen atoms in total. The molecule has 0 aromatic carbocycles. The summed E-state index contributed by atoms with van der Waals surface area (Å²) in [5.41, 5.74) is -1.96. The van der Waals surface area contributed by atoms with Gasteiger partial charge in [0, 0.05) is 13.1 Å². The Labute approximate surface area is 215 Å². The number of nitrogens with zero attached hydrogens (tertiary/aromatic N) is 2. The Kier molecular flexibility index (Phi) is 9.04. The Hall–Kier alpha value is -2.19. The van der Waals surface area contributed by atoms with Crippen LogP contribution in [-0.4, -0.2) is 82.3 Å². The first-order chi connectivity index (χ1) is 17.2. The number of esters is 1. The van der Waals surface area contributed by atoms with E-state index in [1.807, 2.05) is 20.8 Å². The lowest BCUT2D eigenvalue weighted by atomic mass is 9.65. The second kappa shape index (κ2) is 11.5. The zero-order valence-electron chi connectivity index (χ0n) is 22.4. The maximum absolute atomic E-state index is 14.2. The van der Waals surface area contributed by atoms with Crippen LogP contribution in [0, 0.1) is 17.8 Å². The first kappa shape index (κ1) is 28.4. The summed E-state index contributed by atoms with van der Waals surface area (Å²) in [7, 11) is 0. The minimum Gasteiger partial charge on any atom is -0.465 e. The molecule has 2 unspecified atom stereocenters. The van der Waals surface area contributed by atoms with Gasteiger partial charge in [0.2, 0.25) is 11.8 Å². The lowest BCUT2D eigenvalue weighted by Crippen LogP contribution is -2.59. The van der Waals surface area contributed by atoms with Crippen molar-refractivity contribution in [1.29, 1.82) is 0 Å². The summed E-state index contributed by atoms with van der Waals surface area (Å²) in [5, 5.41) is 10.3. The van der Waals surface area contributed by atoms with Crippen molar-refractivity contribution in [3.63, 3.8) is 0 Å². The number of carbonyl (C=O) groups excluding carboxylic acids is 3. The Morgan fingerprint density at radius 3 is 2.56 bits per heavy atom. The summed E-state index contributed by atoms with van der Waals surface area (Å²) in [6.07, 6.45) is 7.25. The van der Waals surface area contributed by atoms with Crippen molar-refractivity contribution in [2.24, 2.45) is 17.8 Å². The summed E-state index contributed by atoms with van der Waals surface area (Å²) < 4.78 is 12.3. The van der Waals surface area contributed by atoms with E-state index in [-0.39, 0.29) is 30.9 Å². The quantitative estimate of drug-likeness (QED) is 0.222. The third-order valence-corrected chi connectivity index (χ3v) is 8.43. The number of rotatable bonds is 14. The molecule has 36 heavy (non-hydrogen) atoms. The van der Waals surface area contributed by atoms with E-state index in [1.165, 1.54) is 0 Å². The standard InChI is InChI=1S/C28H44N2O6/c1-7-11-16-29(15-9-3)25(33)23-28-14-13-27(10-4,36-28)22(26(34)35-17-12-8-2)21(28)24(32)30(23)20(18-31)19(5)6/h8-9,19-23,31H,2-3,7,10-18H2,1,4-6H3/t20-,21-,22-,23?,27+,28?/m0/s1. The van der Waals surface area contributed by atoms with E-state index in [4.69, 9.17) is 9.47 Å². The molecule has 2 bridgehead atoms. The highest BCUT2D eigenvalue weighted by molar-refractivity contribution is 5.98. The van der Waals surface area contributed by atoms with Crippen LogP contribution in [0.3, 0.4) is 0 Å². The SMILES string of the molecule is C=CCCOC(=O)[C@@H]1[C@H]2C(=O)N([C@@H](CO)C(C)C)C(C(=O)N(CC=C)CCCC)C23CC[C@@]1(CC)O3. The number of unbranched alkanes of at least 4 members (excludes halogenated alkanes) is 1. The number of ether oxygens (including phenoxy) is 2. The number of amides is 2. The highest BCUT2D eigenvalue weighted by atomic mass is 16.6. The summed E-state index contributed by atoms with van der Waals surface area (Å²) in [4.78, 5) is 45.2. The van der Waals surface area contributed by atoms with E-state index in [0.29, 0.717) is 38.8 Å². The molecule has 3 aliphatic rings. The van der Waals surface area contributed by atoms with E-state index in [2.05, 4.69) is 20.1 Å². The van der Waals surface area contributed by atoms with Crippen LogP contribution in [0.15, 0.2) is 25.3 Å². The molecule has 3 saturated heterocycles. The molecule has 3 aliphatic heterocycles. The number of carbonyl (C=O) groups is 3. The number of aliphatic hydroxyl groups excluding tert-OH is 1. The number of likely N-dealkylation sites (tertiary alicyclic amines) is 1. The van der Waals surface area contributed by atoms with Crippen LogP contribution >= 0.6 is 0 Å². The van der Waals surface area contributed by atoms with E-state index < -0.39 is 41.1 Å². The lowest BCUT2D eigenvalue weighted by molar-refractivity contribution is -0.164. The lowest BCUT2D eigenvalue weighted by Gasteiger charge is -2.40. The third-order valence-electron chi connectivity index (χ3n) is 8.43. The molecule has 0 saturated carbocycles. The Bertz CT molecular complexity index is 859. The minimum absolute atomic E-state index is 0.0942. The molecule has 0 aromatic rings. The number of hydrogen-bond acceptors (Lipinski definition) is 6. The third kappa shape index (κ3) is 4.51. The van der Waals surface area contributed by atoms with E-state index in [9.17, 15) is 19.5 Å². The Morgan fingerprint density at radius 2 is 2.00 bits per heavy atom. The van der Waals surface area contributed by atoms with Crippen LogP contribution in [0.2, 0.25) is 0 Å². The molecule has 3 rings (SSSR count). The zero-order valence-corrected chi connectivity index (χ0v) is 22.4. The zero-order chi connectivity index (χ0) is 26.7. The Morgan fingerprint density at radius 1 is 1.28 bits per heavy atom. The van der Waals surface area contributed by atoms with Gasteiger partial charge in [-0.05, 0) is 38.0 Å². The predicted molar refractivity (Wildman–Crippen MR) is 137 cm³/mol. The smallest absolute Gasteiger partial charge is 0.312 e. The molecule has 8 heteroatoms. The molecular weight excluding hydrogens is 460 g/mol. The van der Waals surface area contributed by atoms with Gasteiger partial charge in [0.05, 0.1) is 30.8 Å². The molecular formula is C28H44N2O6. The van der Waals surface area contributed by atoms with Crippen LogP contribution in [-0.2, 0) is 23.9 Å². The summed E-state index contributed by atoms with van der Waals surface area (Å²) >= 11 is 0. The second-order valence-electron chi connectivity index (χ2n) is 10.7. The number of fused-ring (bicyclic) bond motifs is 1. The minimum atomic E-state index is -1.12. The fraction of sp³-hybridized carbons (Fsp3) is 0.750. The molecule has 6 atom stereocenters. The van der Waals surface area contributed by atoms with Crippen molar-refractivity contribution in [1.82, 2.24) is 9.80 Å². The van der Waals surface area contributed by atoms with Gasteiger partial charge in [-0.3, -0.25) is 14.4 Å². The van der Waals surface area contributed by atoms with Crippen molar-refractivity contribution in [2.45, 2.75) is 89.5 Å². The average molecular weight is 505 g/mol. The van der Waals surface area contributed by atoms with Crippen LogP contribution in [0.1, 0.15) is 66.2 Å². The van der Waals surface area contributed by atoms with Crippen LogP contribution in [0.25, 0.3) is 0 Å². The van der Waals surface area contributed by atoms with Gasteiger partial charge in [-0.25, -0.2) is 0 Å². The van der Waals surface area contributed by atoms with Crippen LogP contribution in [0.4, 0.5) is 0 Å². The van der Waals surface area contributed by atoms with Gasteiger partial charge in [-0.1, -0.05) is 46.3 Å². The van der Waals surface area contributed by atoms with Gasteiger partial charge in [0.15, 0.2) is 0 Å². The van der Waals surface area contributed by atoms with Gasteiger partial charge >= 0.3 is 5.97 Å². The maximum Gasteiger partial charge on any atom is 0.312 e. The van der Waals surface area contributed by atoms with Gasteiger partial charge < -0.3 is 24.4 Å². The van der Waals surface area contributed by atoms with Gasteiger partial charge in [0.1, 0.15) is 17.6 Å². The van der Waals surface area contributed by atoms with Gasteiger partial charge in [-0.2, -0.15) is 0 Å². The van der Waals surface area contributed by atoms with Crippen molar-refractivity contribution < 1.29 is 29.0 Å². The first-order valence-corrected chi connectivity index (χ1v) is 13.5. The van der Waals surface area contributed by atoms with E-state index in [0.717, 1.165) is 12.8 Å². The summed E-state index contributed by atoms with van der Waals surface area (Å²) in [5.74, 6) is -2.65. The average Bonchev–Trinajstić information content (AvgIpc) is 3.46. The van der Waals surface area contributed by atoms with Gasteiger partial charge in [0.25, 0.3) is 0 Å². The van der Waals surface area contributed by atoms with Gasteiger partial charge in [-0.15, -0.1) is 13.2 Å². The monoisotopic (exact) mass is 504 g/mol. The molecule has 0 aromatic heterocycles. The highest BCUT2D eigenvalue weighted by Crippen LogP contribution is 2.65.